The van der Waals surface area contributed by atoms with Crippen LogP contribution in [0.2, 0.25) is 0 Å². The van der Waals surface area contributed by atoms with Gasteiger partial charge in [-0.3, -0.25) is 9.55 Å². The Morgan fingerprint density at radius 2 is 2.04 bits per heavy atom. The van der Waals surface area contributed by atoms with Gasteiger partial charge in [-0.05, 0) is 35.3 Å². The maximum atomic E-state index is 5.25. The zero-order chi connectivity index (χ0) is 17.1. The average molecular weight is 370 g/mol. The largest absolute Gasteiger partial charge is 0.383 e. The SMILES string of the molecule is COCCn1c(Sc2ncnc3sccc23)nnc1-c1ccncc1. The van der Waals surface area contributed by atoms with Gasteiger partial charge in [0.1, 0.15) is 16.2 Å². The van der Waals surface area contributed by atoms with Crippen LogP contribution < -0.4 is 0 Å². The Morgan fingerprint density at radius 3 is 2.88 bits per heavy atom. The smallest absolute Gasteiger partial charge is 0.197 e. The van der Waals surface area contributed by atoms with Crippen molar-refractivity contribution in [3.63, 3.8) is 0 Å². The molecule has 4 rings (SSSR count). The summed E-state index contributed by atoms with van der Waals surface area (Å²) in [5.41, 5.74) is 0.967. The van der Waals surface area contributed by atoms with Crippen LogP contribution in [0, 0.1) is 0 Å². The summed E-state index contributed by atoms with van der Waals surface area (Å²) in [6, 6.07) is 5.87. The van der Waals surface area contributed by atoms with Crippen molar-refractivity contribution in [1.29, 1.82) is 0 Å². The fourth-order valence-electron chi connectivity index (χ4n) is 2.40. The minimum atomic E-state index is 0.571. The second-order valence-corrected chi connectivity index (χ2v) is 6.96. The molecule has 4 heterocycles. The third-order valence-corrected chi connectivity index (χ3v) is 5.41. The molecular weight excluding hydrogens is 356 g/mol. The van der Waals surface area contributed by atoms with Crippen LogP contribution in [0.5, 0.6) is 0 Å². The molecule has 0 unspecified atom stereocenters. The van der Waals surface area contributed by atoms with Gasteiger partial charge in [0.05, 0.1) is 13.2 Å². The van der Waals surface area contributed by atoms with Gasteiger partial charge < -0.3 is 4.74 Å². The van der Waals surface area contributed by atoms with Crippen molar-refractivity contribution in [2.24, 2.45) is 0 Å². The summed E-state index contributed by atoms with van der Waals surface area (Å²) >= 11 is 3.09. The molecule has 0 saturated heterocycles. The lowest BCUT2D eigenvalue weighted by Gasteiger charge is -2.09. The molecule has 7 nitrogen and oxygen atoms in total. The molecule has 0 amide bonds. The first-order valence-corrected chi connectivity index (χ1v) is 9.25. The molecule has 4 aromatic rings. The van der Waals surface area contributed by atoms with Crippen molar-refractivity contribution in [3.8, 4) is 11.4 Å². The number of hydrogen-bond acceptors (Lipinski definition) is 8. The van der Waals surface area contributed by atoms with Gasteiger partial charge in [-0.1, -0.05) is 0 Å². The Bertz CT molecular complexity index is 985. The predicted octanol–water partition coefficient (Wildman–Crippen LogP) is 3.14. The number of rotatable bonds is 6. The summed E-state index contributed by atoms with van der Waals surface area (Å²) in [5, 5.41) is 13.4. The van der Waals surface area contributed by atoms with Gasteiger partial charge in [-0.15, -0.1) is 21.5 Å². The van der Waals surface area contributed by atoms with Crippen LogP contribution in [0.3, 0.4) is 0 Å². The van der Waals surface area contributed by atoms with Crippen LogP contribution in [-0.2, 0) is 11.3 Å². The third-order valence-electron chi connectivity index (χ3n) is 3.59. The molecule has 0 spiro atoms. The number of thiophene rings is 1. The number of hydrogen-bond donors (Lipinski definition) is 0. The van der Waals surface area contributed by atoms with E-state index in [4.69, 9.17) is 4.74 Å². The lowest BCUT2D eigenvalue weighted by Crippen LogP contribution is -2.07. The van der Waals surface area contributed by atoms with Crippen molar-refractivity contribution in [2.75, 3.05) is 13.7 Å². The summed E-state index contributed by atoms with van der Waals surface area (Å²) in [6.45, 7) is 1.22. The van der Waals surface area contributed by atoms with Gasteiger partial charge in [-0.2, -0.15) is 0 Å². The van der Waals surface area contributed by atoms with E-state index < -0.39 is 0 Å². The molecule has 9 heteroatoms. The number of nitrogens with zero attached hydrogens (tertiary/aromatic N) is 6. The summed E-state index contributed by atoms with van der Waals surface area (Å²) in [6.07, 6.45) is 5.08. The van der Waals surface area contributed by atoms with Gasteiger partial charge in [0.2, 0.25) is 0 Å². The first kappa shape index (κ1) is 16.1. The monoisotopic (exact) mass is 370 g/mol. The standard InChI is InChI=1S/C16H14N6OS2/c1-23-8-7-22-13(11-2-5-17-6-3-11)20-21-16(22)25-15-12-4-9-24-14(12)18-10-19-15/h2-6,9-10H,7-8H2,1H3. The van der Waals surface area contributed by atoms with E-state index in [0.717, 1.165) is 31.8 Å². The summed E-state index contributed by atoms with van der Waals surface area (Å²) in [4.78, 5) is 13.7. The van der Waals surface area contributed by atoms with E-state index in [9.17, 15) is 0 Å². The Morgan fingerprint density at radius 1 is 1.16 bits per heavy atom. The molecule has 0 atom stereocenters. The molecule has 25 heavy (non-hydrogen) atoms. The zero-order valence-electron chi connectivity index (χ0n) is 13.4. The van der Waals surface area contributed by atoms with Gasteiger partial charge in [0.25, 0.3) is 0 Å². The lowest BCUT2D eigenvalue weighted by atomic mass is 10.2. The lowest BCUT2D eigenvalue weighted by molar-refractivity contribution is 0.185. The quantitative estimate of drug-likeness (QED) is 0.482. The van der Waals surface area contributed by atoms with Crippen molar-refractivity contribution in [1.82, 2.24) is 29.7 Å². The van der Waals surface area contributed by atoms with Gasteiger partial charge in [0.15, 0.2) is 11.0 Å². The van der Waals surface area contributed by atoms with Crippen LogP contribution in [0.4, 0.5) is 0 Å². The van der Waals surface area contributed by atoms with Crippen LogP contribution in [0.15, 0.2) is 52.5 Å². The van der Waals surface area contributed by atoms with E-state index >= 15 is 0 Å². The highest BCUT2D eigenvalue weighted by Crippen LogP contribution is 2.33. The molecule has 0 aliphatic rings. The second kappa shape index (κ2) is 7.26. The Hall–Kier alpha value is -2.36. The Labute approximate surface area is 152 Å². The third kappa shape index (κ3) is 3.26. The molecule has 126 valence electrons. The van der Waals surface area contributed by atoms with Gasteiger partial charge >= 0.3 is 0 Å². The average Bonchev–Trinajstić information content (AvgIpc) is 3.28. The van der Waals surface area contributed by atoms with Gasteiger partial charge in [-0.25, -0.2) is 9.97 Å². The summed E-state index contributed by atoms with van der Waals surface area (Å²) in [5.74, 6) is 0.789. The fourth-order valence-corrected chi connectivity index (χ4v) is 4.11. The number of methoxy groups -OCH3 is 1. The molecule has 0 aromatic carbocycles. The summed E-state index contributed by atoms with van der Waals surface area (Å²) in [7, 11) is 1.68. The van der Waals surface area contributed by atoms with E-state index in [0.29, 0.717) is 13.2 Å². The predicted molar refractivity (Wildman–Crippen MR) is 96.7 cm³/mol. The topological polar surface area (TPSA) is 78.6 Å². The maximum Gasteiger partial charge on any atom is 0.197 e. The van der Waals surface area contributed by atoms with E-state index in [1.54, 1.807) is 37.2 Å². The second-order valence-electron chi connectivity index (χ2n) is 5.11. The number of ether oxygens (including phenoxy) is 1. The van der Waals surface area contributed by atoms with E-state index in [1.807, 2.05) is 28.1 Å². The minimum absolute atomic E-state index is 0.571. The molecule has 4 aromatic heterocycles. The zero-order valence-corrected chi connectivity index (χ0v) is 15.0. The van der Waals surface area contributed by atoms with Crippen molar-refractivity contribution < 1.29 is 4.74 Å². The molecule has 0 saturated carbocycles. The van der Waals surface area contributed by atoms with Gasteiger partial charge in [0, 0.05) is 30.5 Å². The number of aromatic nitrogens is 6. The van der Waals surface area contributed by atoms with E-state index in [-0.39, 0.29) is 0 Å². The minimum Gasteiger partial charge on any atom is -0.383 e. The highest BCUT2D eigenvalue weighted by Gasteiger charge is 2.17. The van der Waals surface area contributed by atoms with Crippen LogP contribution in [0.25, 0.3) is 21.6 Å². The molecule has 0 aliphatic heterocycles. The number of fused-ring (bicyclic) bond motifs is 1. The Balaban J connectivity index is 1.74. The fraction of sp³-hybridized carbons (Fsp3) is 0.188. The molecule has 0 radical (unpaired) electrons. The van der Waals surface area contributed by atoms with E-state index in [1.165, 1.54) is 11.8 Å². The normalized spacial score (nSPS) is 11.2. The van der Waals surface area contributed by atoms with E-state index in [2.05, 4.69) is 25.1 Å². The Kier molecular flexibility index (Phi) is 4.68. The molecular formula is C16H14N6OS2. The van der Waals surface area contributed by atoms with Crippen molar-refractivity contribution in [2.45, 2.75) is 16.7 Å². The molecule has 0 aliphatic carbocycles. The van der Waals surface area contributed by atoms with Crippen molar-refractivity contribution >= 4 is 33.3 Å². The molecule has 0 fully saturated rings. The summed E-state index contributed by atoms with van der Waals surface area (Å²) < 4.78 is 7.29. The van der Waals surface area contributed by atoms with Crippen LogP contribution >= 0.6 is 23.1 Å². The number of pyridine rings is 1. The first-order valence-electron chi connectivity index (χ1n) is 7.55. The van der Waals surface area contributed by atoms with Crippen LogP contribution in [-0.4, -0.2) is 43.4 Å². The highest BCUT2D eigenvalue weighted by atomic mass is 32.2. The highest BCUT2D eigenvalue weighted by molar-refractivity contribution is 7.99. The first-order chi connectivity index (χ1) is 12.4. The molecule has 0 N–H and O–H groups in total. The van der Waals surface area contributed by atoms with Crippen molar-refractivity contribution in [3.05, 3.63) is 42.3 Å². The molecule has 0 bridgehead atoms. The maximum absolute atomic E-state index is 5.25. The van der Waals surface area contributed by atoms with Crippen LogP contribution in [0.1, 0.15) is 0 Å².